The average molecular weight is 390 g/mol. The lowest BCUT2D eigenvalue weighted by molar-refractivity contribution is -0.123. The fourth-order valence-corrected chi connectivity index (χ4v) is 3.38. The number of hydrogen-bond acceptors (Lipinski definition) is 5. The molecule has 2 aromatic heterocycles. The molecular weight excluding hydrogens is 364 g/mol. The molecule has 1 atom stereocenters. The molecule has 0 aliphatic heterocycles. The summed E-state index contributed by atoms with van der Waals surface area (Å²) < 4.78 is 5.34. The number of pyridine rings is 2. The van der Waals surface area contributed by atoms with E-state index < -0.39 is 6.04 Å². The number of amides is 1. The Morgan fingerprint density at radius 3 is 2.00 bits per heavy atom. The molecule has 3 rings (SSSR count). The monoisotopic (exact) mass is 390 g/mol. The van der Waals surface area contributed by atoms with Crippen molar-refractivity contribution in [3.05, 3.63) is 90.0 Å². The van der Waals surface area contributed by atoms with E-state index in [0.29, 0.717) is 18.8 Å². The molecule has 3 aromatic rings. The van der Waals surface area contributed by atoms with Crippen molar-refractivity contribution in [1.29, 1.82) is 0 Å². The van der Waals surface area contributed by atoms with Crippen molar-refractivity contribution >= 4 is 5.91 Å². The van der Waals surface area contributed by atoms with Crippen LogP contribution in [0.2, 0.25) is 0 Å². The summed E-state index contributed by atoms with van der Waals surface area (Å²) in [7, 11) is 1.61. The van der Waals surface area contributed by atoms with Crippen molar-refractivity contribution in [2.24, 2.45) is 5.73 Å². The third-order valence-corrected chi connectivity index (χ3v) is 4.92. The van der Waals surface area contributed by atoms with Crippen molar-refractivity contribution in [3.8, 4) is 5.75 Å². The number of ether oxygens (including phenoxy) is 1. The molecule has 0 aliphatic rings. The predicted molar refractivity (Wildman–Crippen MR) is 112 cm³/mol. The topological polar surface area (TPSA) is 81.3 Å². The van der Waals surface area contributed by atoms with Gasteiger partial charge < -0.3 is 10.5 Å². The van der Waals surface area contributed by atoms with Gasteiger partial charge in [0.05, 0.1) is 7.11 Å². The second-order valence-corrected chi connectivity index (χ2v) is 6.83. The highest BCUT2D eigenvalue weighted by atomic mass is 16.5. The summed E-state index contributed by atoms with van der Waals surface area (Å²) in [6.45, 7) is 1.39. The summed E-state index contributed by atoms with van der Waals surface area (Å²) in [6, 6.07) is 15.0. The SMILES string of the molecule is COc1cccc(C(C(N)=O)N(CCc2ccncc2)CCc2ccncc2)c1. The van der Waals surface area contributed by atoms with Gasteiger partial charge >= 0.3 is 0 Å². The third-order valence-electron chi connectivity index (χ3n) is 4.92. The quantitative estimate of drug-likeness (QED) is 0.576. The number of methoxy groups -OCH3 is 1. The summed E-state index contributed by atoms with van der Waals surface area (Å²) in [4.78, 5) is 22.8. The molecule has 6 heteroatoms. The van der Waals surface area contributed by atoms with Gasteiger partial charge in [-0.3, -0.25) is 19.7 Å². The number of aromatic nitrogens is 2. The molecule has 0 aliphatic carbocycles. The van der Waals surface area contributed by atoms with Crippen molar-refractivity contribution in [2.75, 3.05) is 20.2 Å². The van der Waals surface area contributed by atoms with E-state index in [1.54, 1.807) is 31.9 Å². The zero-order chi connectivity index (χ0) is 20.5. The van der Waals surface area contributed by atoms with Gasteiger partial charge in [-0.25, -0.2) is 0 Å². The molecule has 0 saturated carbocycles. The first kappa shape index (κ1) is 20.5. The van der Waals surface area contributed by atoms with Crippen molar-refractivity contribution < 1.29 is 9.53 Å². The molecule has 150 valence electrons. The number of rotatable bonds is 10. The molecule has 2 heterocycles. The van der Waals surface area contributed by atoms with E-state index in [1.807, 2.05) is 48.5 Å². The van der Waals surface area contributed by atoms with Gasteiger partial charge in [-0.1, -0.05) is 12.1 Å². The minimum Gasteiger partial charge on any atom is -0.497 e. The summed E-state index contributed by atoms with van der Waals surface area (Å²) in [6.07, 6.45) is 8.72. The molecule has 29 heavy (non-hydrogen) atoms. The molecule has 1 unspecified atom stereocenters. The van der Waals surface area contributed by atoms with E-state index in [4.69, 9.17) is 10.5 Å². The molecule has 0 spiro atoms. The van der Waals surface area contributed by atoms with Gasteiger partial charge in [0.2, 0.25) is 5.91 Å². The Balaban J connectivity index is 1.83. The van der Waals surface area contributed by atoms with Gasteiger partial charge in [-0.05, 0) is 65.9 Å². The van der Waals surface area contributed by atoms with Crippen LogP contribution in [0.3, 0.4) is 0 Å². The van der Waals surface area contributed by atoms with Crippen molar-refractivity contribution in [2.45, 2.75) is 18.9 Å². The van der Waals surface area contributed by atoms with Crippen LogP contribution in [0.4, 0.5) is 0 Å². The Morgan fingerprint density at radius 2 is 1.52 bits per heavy atom. The van der Waals surface area contributed by atoms with E-state index in [2.05, 4.69) is 14.9 Å². The maximum absolute atomic E-state index is 12.5. The summed E-state index contributed by atoms with van der Waals surface area (Å²) in [5, 5.41) is 0. The smallest absolute Gasteiger partial charge is 0.239 e. The van der Waals surface area contributed by atoms with E-state index in [-0.39, 0.29) is 5.91 Å². The van der Waals surface area contributed by atoms with Crippen LogP contribution in [0.1, 0.15) is 22.7 Å². The number of nitrogens with two attached hydrogens (primary N) is 1. The maximum atomic E-state index is 12.5. The Bertz CT molecular complexity index is 860. The molecule has 2 N–H and O–H groups in total. The van der Waals surface area contributed by atoms with Gasteiger partial charge in [0, 0.05) is 37.9 Å². The molecule has 6 nitrogen and oxygen atoms in total. The number of nitrogens with zero attached hydrogens (tertiary/aromatic N) is 3. The van der Waals surface area contributed by atoms with E-state index in [0.717, 1.165) is 18.4 Å². The Labute approximate surface area is 171 Å². The van der Waals surface area contributed by atoms with Crippen LogP contribution in [0.25, 0.3) is 0 Å². The Morgan fingerprint density at radius 1 is 0.966 bits per heavy atom. The average Bonchev–Trinajstić information content (AvgIpc) is 2.77. The maximum Gasteiger partial charge on any atom is 0.239 e. The van der Waals surface area contributed by atoms with Crippen molar-refractivity contribution in [1.82, 2.24) is 14.9 Å². The largest absolute Gasteiger partial charge is 0.497 e. The van der Waals surface area contributed by atoms with Crippen LogP contribution in [0.15, 0.2) is 73.3 Å². The molecule has 1 aromatic carbocycles. The zero-order valence-electron chi connectivity index (χ0n) is 16.6. The molecule has 0 bridgehead atoms. The van der Waals surface area contributed by atoms with Crippen LogP contribution in [0, 0.1) is 0 Å². The summed E-state index contributed by atoms with van der Waals surface area (Å²) >= 11 is 0. The molecule has 1 amide bonds. The molecule has 0 radical (unpaired) electrons. The Hall–Kier alpha value is -3.25. The second-order valence-electron chi connectivity index (χ2n) is 6.83. The van der Waals surface area contributed by atoms with Crippen LogP contribution in [0.5, 0.6) is 5.75 Å². The van der Waals surface area contributed by atoms with E-state index >= 15 is 0 Å². The fourth-order valence-electron chi connectivity index (χ4n) is 3.38. The van der Waals surface area contributed by atoms with Gasteiger partial charge in [-0.2, -0.15) is 0 Å². The number of carbonyl (C=O) groups excluding carboxylic acids is 1. The molecule has 0 fully saturated rings. The summed E-state index contributed by atoms with van der Waals surface area (Å²) in [5.74, 6) is 0.333. The first-order valence-corrected chi connectivity index (χ1v) is 9.62. The third kappa shape index (κ3) is 5.86. The van der Waals surface area contributed by atoms with Gasteiger partial charge in [-0.15, -0.1) is 0 Å². The molecular formula is C23H26N4O2. The highest BCUT2D eigenvalue weighted by Crippen LogP contribution is 2.25. The van der Waals surface area contributed by atoms with Crippen LogP contribution in [-0.4, -0.2) is 41.0 Å². The second kappa shape index (κ2) is 10.3. The van der Waals surface area contributed by atoms with Gasteiger partial charge in [0.1, 0.15) is 11.8 Å². The Kier molecular flexibility index (Phi) is 7.30. The first-order valence-electron chi connectivity index (χ1n) is 9.62. The standard InChI is InChI=1S/C23H26N4O2/c1-29-21-4-2-3-20(17-21)22(23(24)28)27(15-9-18-5-11-25-12-6-18)16-10-19-7-13-26-14-8-19/h2-8,11-14,17,22H,9-10,15-16H2,1H3,(H2,24,28). The number of hydrogen-bond donors (Lipinski definition) is 1. The van der Waals surface area contributed by atoms with E-state index in [9.17, 15) is 4.79 Å². The number of benzene rings is 1. The minimum absolute atomic E-state index is 0.372. The fraction of sp³-hybridized carbons (Fsp3) is 0.261. The van der Waals surface area contributed by atoms with Gasteiger partial charge in [0.15, 0.2) is 0 Å². The van der Waals surface area contributed by atoms with Crippen molar-refractivity contribution in [3.63, 3.8) is 0 Å². The van der Waals surface area contributed by atoms with Crippen LogP contribution >= 0.6 is 0 Å². The lowest BCUT2D eigenvalue weighted by Gasteiger charge is -2.30. The normalized spacial score (nSPS) is 11.9. The number of primary amides is 1. The first-order chi connectivity index (χ1) is 14.2. The minimum atomic E-state index is -0.534. The highest BCUT2D eigenvalue weighted by Gasteiger charge is 2.26. The lowest BCUT2D eigenvalue weighted by Crippen LogP contribution is -2.40. The molecule has 0 saturated heterocycles. The van der Waals surface area contributed by atoms with Gasteiger partial charge in [0.25, 0.3) is 0 Å². The highest BCUT2D eigenvalue weighted by molar-refractivity contribution is 5.81. The number of carbonyl (C=O) groups is 1. The summed E-state index contributed by atoms with van der Waals surface area (Å²) in [5.41, 5.74) is 9.03. The van der Waals surface area contributed by atoms with Crippen LogP contribution in [-0.2, 0) is 17.6 Å². The zero-order valence-corrected chi connectivity index (χ0v) is 16.6. The predicted octanol–water partition coefficient (Wildman–Crippen LogP) is 2.80. The van der Waals surface area contributed by atoms with E-state index in [1.165, 1.54) is 11.1 Å². The lowest BCUT2D eigenvalue weighted by atomic mass is 10.0. The van der Waals surface area contributed by atoms with Crippen LogP contribution < -0.4 is 10.5 Å².